The lowest BCUT2D eigenvalue weighted by atomic mass is 10.0. The van der Waals surface area contributed by atoms with Crippen LogP contribution in [0.1, 0.15) is 31.7 Å². The van der Waals surface area contributed by atoms with Gasteiger partial charge in [-0.1, -0.05) is 11.6 Å². The van der Waals surface area contributed by atoms with Crippen LogP contribution in [0.2, 0.25) is 5.02 Å². The Balaban J connectivity index is 2.04. The van der Waals surface area contributed by atoms with Gasteiger partial charge in [0.25, 0.3) is 5.91 Å². The van der Waals surface area contributed by atoms with Gasteiger partial charge in [-0.25, -0.2) is 13.1 Å². The molecule has 1 saturated heterocycles. The van der Waals surface area contributed by atoms with E-state index in [1.165, 1.54) is 0 Å². The van der Waals surface area contributed by atoms with Gasteiger partial charge in [0.05, 0.1) is 6.26 Å². The smallest absolute Gasteiger partial charge is 0.263 e. The second-order valence-electron chi connectivity index (χ2n) is 6.47. The third kappa shape index (κ3) is 5.87. The molecule has 1 aliphatic rings. The molecule has 140 valence electrons. The van der Waals surface area contributed by atoms with Gasteiger partial charge >= 0.3 is 0 Å². The molecule has 1 N–H and O–H groups in total. The number of rotatable bonds is 6. The number of nitrogens with zero attached hydrogens (tertiary/aromatic N) is 1. The summed E-state index contributed by atoms with van der Waals surface area (Å²) < 4.78 is 31.0. The quantitative estimate of drug-likeness (QED) is 0.811. The van der Waals surface area contributed by atoms with E-state index in [1.54, 1.807) is 30.0 Å². The SMILES string of the molecule is Cc1cc(Cl)ccc1O[C@@H](C)C(=O)N1CCCC[C@@H]1CNS(C)(=O)=O. The van der Waals surface area contributed by atoms with Gasteiger partial charge < -0.3 is 9.64 Å². The fourth-order valence-corrected chi connectivity index (χ4v) is 3.69. The van der Waals surface area contributed by atoms with Crippen LogP contribution < -0.4 is 9.46 Å². The van der Waals surface area contributed by atoms with Crippen LogP contribution in [0.5, 0.6) is 5.75 Å². The summed E-state index contributed by atoms with van der Waals surface area (Å²) in [5.41, 5.74) is 0.862. The number of nitrogens with one attached hydrogen (secondary N) is 1. The molecule has 0 unspecified atom stereocenters. The van der Waals surface area contributed by atoms with E-state index >= 15 is 0 Å². The standard InChI is InChI=1S/C17H25ClN2O4S/c1-12-10-14(18)7-8-16(12)24-13(2)17(21)20-9-5-4-6-15(20)11-19-25(3,22)23/h7-8,10,13,15,19H,4-6,9,11H2,1-3H3/t13-,15+/m0/s1. The zero-order valence-corrected chi connectivity index (χ0v) is 16.4. The summed E-state index contributed by atoms with van der Waals surface area (Å²) >= 11 is 5.94. The van der Waals surface area contributed by atoms with Crippen molar-refractivity contribution in [3.63, 3.8) is 0 Å². The Hall–Kier alpha value is -1.31. The monoisotopic (exact) mass is 388 g/mol. The Labute approximate surface area is 154 Å². The molecule has 1 heterocycles. The molecule has 1 amide bonds. The van der Waals surface area contributed by atoms with Crippen LogP contribution in [0.3, 0.4) is 0 Å². The fourth-order valence-electron chi connectivity index (χ4n) is 2.97. The molecule has 25 heavy (non-hydrogen) atoms. The fraction of sp³-hybridized carbons (Fsp3) is 0.588. The average Bonchev–Trinajstić information content (AvgIpc) is 2.54. The number of piperidine rings is 1. The summed E-state index contributed by atoms with van der Waals surface area (Å²) in [7, 11) is -3.28. The molecule has 1 fully saturated rings. The summed E-state index contributed by atoms with van der Waals surface area (Å²) in [4.78, 5) is 14.5. The van der Waals surface area contributed by atoms with Crippen molar-refractivity contribution in [3.8, 4) is 5.75 Å². The lowest BCUT2D eigenvalue weighted by Gasteiger charge is -2.37. The van der Waals surface area contributed by atoms with Crippen molar-refractivity contribution >= 4 is 27.5 Å². The van der Waals surface area contributed by atoms with Crippen molar-refractivity contribution in [1.29, 1.82) is 0 Å². The van der Waals surface area contributed by atoms with Crippen LogP contribution in [-0.4, -0.2) is 50.7 Å². The van der Waals surface area contributed by atoms with Crippen LogP contribution >= 0.6 is 11.6 Å². The summed E-state index contributed by atoms with van der Waals surface area (Å²) in [5, 5.41) is 0.617. The van der Waals surface area contributed by atoms with Crippen molar-refractivity contribution in [1.82, 2.24) is 9.62 Å². The Bertz CT molecular complexity index is 723. The molecule has 0 bridgehead atoms. The highest BCUT2D eigenvalue weighted by molar-refractivity contribution is 7.88. The molecule has 2 rings (SSSR count). The van der Waals surface area contributed by atoms with Crippen LogP contribution in [0.15, 0.2) is 18.2 Å². The van der Waals surface area contributed by atoms with Crippen molar-refractivity contribution in [2.45, 2.75) is 45.3 Å². The van der Waals surface area contributed by atoms with E-state index in [2.05, 4.69) is 4.72 Å². The lowest BCUT2D eigenvalue weighted by Crippen LogP contribution is -2.52. The summed E-state index contributed by atoms with van der Waals surface area (Å²) in [6.45, 7) is 4.43. The number of carbonyl (C=O) groups is 1. The zero-order chi connectivity index (χ0) is 18.6. The number of ether oxygens (including phenoxy) is 1. The average molecular weight is 389 g/mol. The molecule has 1 aromatic carbocycles. The van der Waals surface area contributed by atoms with Crippen LogP contribution in [0.4, 0.5) is 0 Å². The maximum absolute atomic E-state index is 12.8. The number of benzene rings is 1. The van der Waals surface area contributed by atoms with Gasteiger partial charge in [-0.15, -0.1) is 0 Å². The first-order valence-electron chi connectivity index (χ1n) is 8.35. The van der Waals surface area contributed by atoms with E-state index in [1.807, 2.05) is 6.92 Å². The molecule has 0 aromatic heterocycles. The number of hydrogen-bond donors (Lipinski definition) is 1. The number of aryl methyl sites for hydroxylation is 1. The minimum Gasteiger partial charge on any atom is -0.481 e. The van der Waals surface area contributed by atoms with E-state index < -0.39 is 16.1 Å². The summed E-state index contributed by atoms with van der Waals surface area (Å²) in [5.74, 6) is 0.488. The number of hydrogen-bond acceptors (Lipinski definition) is 4. The molecule has 1 aromatic rings. The van der Waals surface area contributed by atoms with Gasteiger partial charge in [0.2, 0.25) is 10.0 Å². The van der Waals surface area contributed by atoms with Gasteiger partial charge in [-0.3, -0.25) is 4.79 Å². The van der Waals surface area contributed by atoms with E-state index in [-0.39, 0.29) is 18.5 Å². The second kappa shape index (κ2) is 8.38. The van der Waals surface area contributed by atoms with E-state index in [0.29, 0.717) is 17.3 Å². The highest BCUT2D eigenvalue weighted by atomic mass is 35.5. The zero-order valence-electron chi connectivity index (χ0n) is 14.8. The molecular weight excluding hydrogens is 364 g/mol. The predicted octanol–water partition coefficient (Wildman–Crippen LogP) is 2.35. The number of halogens is 1. The number of sulfonamides is 1. The third-order valence-corrected chi connectivity index (χ3v) is 5.21. The minimum atomic E-state index is -3.28. The summed E-state index contributed by atoms with van der Waals surface area (Å²) in [6.07, 6.45) is 3.13. The summed E-state index contributed by atoms with van der Waals surface area (Å²) in [6, 6.07) is 5.11. The van der Waals surface area contributed by atoms with Gasteiger partial charge in [-0.2, -0.15) is 0 Å². The van der Waals surface area contributed by atoms with Gasteiger partial charge in [-0.05, 0) is 56.9 Å². The molecule has 0 spiro atoms. The van der Waals surface area contributed by atoms with Crippen LogP contribution in [0, 0.1) is 6.92 Å². The highest BCUT2D eigenvalue weighted by Gasteiger charge is 2.31. The second-order valence-corrected chi connectivity index (χ2v) is 8.74. The number of amides is 1. The topological polar surface area (TPSA) is 75.7 Å². The van der Waals surface area contributed by atoms with Gasteiger partial charge in [0.1, 0.15) is 5.75 Å². The highest BCUT2D eigenvalue weighted by Crippen LogP contribution is 2.24. The first-order valence-corrected chi connectivity index (χ1v) is 10.6. The molecule has 0 radical (unpaired) electrons. The maximum atomic E-state index is 12.8. The van der Waals surface area contributed by atoms with E-state index in [0.717, 1.165) is 31.1 Å². The van der Waals surface area contributed by atoms with Crippen molar-refractivity contribution in [2.75, 3.05) is 19.3 Å². The maximum Gasteiger partial charge on any atom is 0.263 e. The normalized spacial score (nSPS) is 19.5. The van der Waals surface area contributed by atoms with Crippen molar-refractivity contribution in [2.24, 2.45) is 0 Å². The molecular formula is C17H25ClN2O4S. The largest absolute Gasteiger partial charge is 0.481 e. The molecule has 6 nitrogen and oxygen atoms in total. The molecule has 2 atom stereocenters. The molecule has 1 aliphatic heterocycles. The van der Waals surface area contributed by atoms with E-state index in [4.69, 9.17) is 16.3 Å². The van der Waals surface area contributed by atoms with Crippen LogP contribution in [-0.2, 0) is 14.8 Å². The lowest BCUT2D eigenvalue weighted by molar-refractivity contribution is -0.141. The Morgan fingerprint density at radius 1 is 1.44 bits per heavy atom. The minimum absolute atomic E-state index is 0.130. The number of carbonyl (C=O) groups excluding carboxylic acids is 1. The van der Waals surface area contributed by atoms with Crippen molar-refractivity contribution < 1.29 is 17.9 Å². The van der Waals surface area contributed by atoms with Gasteiger partial charge in [0.15, 0.2) is 6.10 Å². The van der Waals surface area contributed by atoms with E-state index in [9.17, 15) is 13.2 Å². The first kappa shape index (κ1) is 20.0. The molecule has 8 heteroatoms. The Kier molecular flexibility index (Phi) is 6.71. The van der Waals surface area contributed by atoms with Crippen LogP contribution in [0.25, 0.3) is 0 Å². The Morgan fingerprint density at radius 3 is 2.80 bits per heavy atom. The first-order chi connectivity index (χ1) is 11.7. The third-order valence-electron chi connectivity index (χ3n) is 4.28. The number of likely N-dealkylation sites (tertiary alicyclic amines) is 1. The van der Waals surface area contributed by atoms with Crippen molar-refractivity contribution in [3.05, 3.63) is 28.8 Å². The molecule has 0 saturated carbocycles. The molecule has 0 aliphatic carbocycles. The van der Waals surface area contributed by atoms with Gasteiger partial charge in [0, 0.05) is 24.2 Å². The Morgan fingerprint density at radius 2 is 2.16 bits per heavy atom. The predicted molar refractivity (Wildman–Crippen MR) is 98.5 cm³/mol.